The number of nitrogens with zero attached hydrogens (tertiary/aromatic N) is 4. The molecule has 0 spiro atoms. The lowest BCUT2D eigenvalue weighted by atomic mass is 9.86. The van der Waals surface area contributed by atoms with E-state index in [0.717, 1.165) is 66.6 Å². The maximum atomic E-state index is 6.24. The lowest BCUT2D eigenvalue weighted by molar-refractivity contribution is 0.575. The normalized spacial score (nSPS) is 12.4. The van der Waals surface area contributed by atoms with Gasteiger partial charge >= 0.3 is 0 Å². The van der Waals surface area contributed by atoms with Gasteiger partial charge in [-0.1, -0.05) is 60.7 Å². The molecule has 6 nitrogen and oxygen atoms in total. The number of para-hydroxylation sites is 4. The van der Waals surface area contributed by atoms with Crippen LogP contribution in [0.4, 0.5) is 0 Å². The van der Waals surface area contributed by atoms with Crippen LogP contribution >= 0.6 is 0 Å². The van der Waals surface area contributed by atoms with Crippen molar-refractivity contribution in [1.82, 2.24) is 19.6 Å². The van der Waals surface area contributed by atoms with Crippen molar-refractivity contribution in [3.05, 3.63) is 121 Å². The van der Waals surface area contributed by atoms with Gasteiger partial charge in [0.2, 0.25) is 0 Å². The average molecular weight is 509 g/mol. The van der Waals surface area contributed by atoms with Crippen molar-refractivity contribution in [3.8, 4) is 11.4 Å². The standard InChI is InChI=1S/C33H24N4O2/c1-33(2,29-17-19-36(34-29)25-13-7-11-23-21-9-3-5-15-27(21)38-31(23)25)30-18-20-37(35-30)26-14-8-12-24-22-10-4-6-16-28(22)39-32(24)26/h3-20H,1-2H3. The Morgan fingerprint density at radius 2 is 0.949 bits per heavy atom. The summed E-state index contributed by atoms with van der Waals surface area (Å²) in [5, 5.41) is 14.4. The van der Waals surface area contributed by atoms with E-state index in [2.05, 4.69) is 50.2 Å². The molecule has 188 valence electrons. The molecule has 0 aliphatic heterocycles. The number of fused-ring (bicyclic) bond motifs is 6. The summed E-state index contributed by atoms with van der Waals surface area (Å²) >= 11 is 0. The predicted molar refractivity (Wildman–Crippen MR) is 154 cm³/mol. The predicted octanol–water partition coefficient (Wildman–Crippen LogP) is 8.18. The number of aromatic nitrogens is 4. The summed E-state index contributed by atoms with van der Waals surface area (Å²) in [5.41, 5.74) is 6.63. The van der Waals surface area contributed by atoms with E-state index in [1.54, 1.807) is 0 Å². The fourth-order valence-electron chi connectivity index (χ4n) is 5.54. The van der Waals surface area contributed by atoms with Crippen LogP contribution in [0.25, 0.3) is 55.3 Å². The van der Waals surface area contributed by atoms with Crippen LogP contribution in [0.1, 0.15) is 25.2 Å². The topological polar surface area (TPSA) is 61.9 Å². The highest BCUT2D eigenvalue weighted by Crippen LogP contribution is 2.35. The molecule has 6 heteroatoms. The van der Waals surface area contributed by atoms with E-state index < -0.39 is 5.41 Å². The zero-order valence-electron chi connectivity index (χ0n) is 21.5. The molecule has 0 bridgehead atoms. The van der Waals surface area contributed by atoms with Crippen molar-refractivity contribution in [1.29, 1.82) is 0 Å². The Morgan fingerprint density at radius 1 is 0.513 bits per heavy atom. The molecule has 0 saturated carbocycles. The van der Waals surface area contributed by atoms with E-state index in [0.29, 0.717) is 0 Å². The van der Waals surface area contributed by atoms with E-state index in [1.807, 2.05) is 82.4 Å². The van der Waals surface area contributed by atoms with Gasteiger partial charge in [-0.15, -0.1) is 0 Å². The fraction of sp³-hybridized carbons (Fsp3) is 0.0909. The van der Waals surface area contributed by atoms with Gasteiger partial charge in [0.05, 0.1) is 16.8 Å². The van der Waals surface area contributed by atoms with Crippen molar-refractivity contribution in [2.24, 2.45) is 0 Å². The summed E-state index contributed by atoms with van der Waals surface area (Å²) in [6.07, 6.45) is 3.98. The molecular weight excluding hydrogens is 484 g/mol. The maximum absolute atomic E-state index is 6.24. The lowest BCUT2D eigenvalue weighted by Gasteiger charge is -2.19. The van der Waals surface area contributed by atoms with Crippen molar-refractivity contribution in [2.75, 3.05) is 0 Å². The van der Waals surface area contributed by atoms with Gasteiger partial charge in [-0.3, -0.25) is 0 Å². The third-order valence-electron chi connectivity index (χ3n) is 7.72. The first kappa shape index (κ1) is 21.9. The molecule has 0 N–H and O–H groups in total. The number of hydrogen-bond donors (Lipinski definition) is 0. The SMILES string of the molecule is CC(C)(c1ccn(-c2cccc3c2oc2ccccc23)n1)c1ccn(-c2cccc3c2oc2ccccc23)n1. The molecule has 39 heavy (non-hydrogen) atoms. The summed E-state index contributed by atoms with van der Waals surface area (Å²) in [6.45, 7) is 4.30. The molecule has 0 atom stereocenters. The fourth-order valence-corrected chi connectivity index (χ4v) is 5.54. The van der Waals surface area contributed by atoms with Crippen LogP contribution in [-0.4, -0.2) is 19.6 Å². The minimum Gasteiger partial charge on any atom is -0.454 e. The Morgan fingerprint density at radius 3 is 1.44 bits per heavy atom. The Hall–Kier alpha value is -5.10. The van der Waals surface area contributed by atoms with Gasteiger partial charge < -0.3 is 8.83 Å². The second kappa shape index (κ2) is 7.95. The molecule has 4 aromatic heterocycles. The molecular formula is C33H24N4O2. The van der Waals surface area contributed by atoms with Crippen LogP contribution in [-0.2, 0) is 5.41 Å². The molecule has 0 radical (unpaired) electrons. The Balaban J connectivity index is 1.19. The van der Waals surface area contributed by atoms with E-state index in [9.17, 15) is 0 Å². The minimum atomic E-state index is -0.431. The largest absolute Gasteiger partial charge is 0.454 e. The van der Waals surface area contributed by atoms with Gasteiger partial charge in [-0.05, 0) is 50.2 Å². The van der Waals surface area contributed by atoms with Crippen LogP contribution < -0.4 is 0 Å². The second-order valence-electron chi connectivity index (χ2n) is 10.4. The zero-order chi connectivity index (χ0) is 26.1. The highest BCUT2D eigenvalue weighted by molar-refractivity contribution is 6.08. The summed E-state index contributed by atoms with van der Waals surface area (Å²) < 4.78 is 16.3. The summed E-state index contributed by atoms with van der Waals surface area (Å²) in [6, 6.07) is 32.7. The number of benzene rings is 4. The molecule has 4 aromatic carbocycles. The minimum absolute atomic E-state index is 0.431. The highest BCUT2D eigenvalue weighted by atomic mass is 16.3. The second-order valence-corrected chi connectivity index (χ2v) is 10.4. The first-order valence-electron chi connectivity index (χ1n) is 13.0. The van der Waals surface area contributed by atoms with Gasteiger partial charge in [0.25, 0.3) is 0 Å². The third kappa shape index (κ3) is 3.21. The Kier molecular flexibility index (Phi) is 4.47. The molecule has 0 aliphatic carbocycles. The van der Waals surface area contributed by atoms with Crippen LogP contribution in [0.15, 0.2) is 118 Å². The molecule has 0 saturated heterocycles. The van der Waals surface area contributed by atoms with Crippen molar-refractivity contribution < 1.29 is 8.83 Å². The van der Waals surface area contributed by atoms with Gasteiger partial charge in [0, 0.05) is 33.9 Å². The number of rotatable bonds is 4. The van der Waals surface area contributed by atoms with E-state index in [1.165, 1.54) is 0 Å². The molecule has 0 amide bonds. The third-order valence-corrected chi connectivity index (χ3v) is 7.72. The number of hydrogen-bond acceptors (Lipinski definition) is 4. The van der Waals surface area contributed by atoms with Crippen molar-refractivity contribution >= 4 is 43.9 Å². The Labute approximate surface area is 223 Å². The monoisotopic (exact) mass is 508 g/mol. The molecule has 4 heterocycles. The van der Waals surface area contributed by atoms with E-state index in [4.69, 9.17) is 19.0 Å². The maximum Gasteiger partial charge on any atom is 0.161 e. The summed E-state index contributed by atoms with van der Waals surface area (Å²) in [7, 11) is 0. The van der Waals surface area contributed by atoms with Gasteiger partial charge in [0.1, 0.15) is 22.5 Å². The molecule has 8 aromatic rings. The zero-order valence-corrected chi connectivity index (χ0v) is 21.5. The molecule has 8 rings (SSSR count). The Bertz CT molecular complexity index is 2020. The summed E-state index contributed by atoms with van der Waals surface area (Å²) in [4.78, 5) is 0. The van der Waals surface area contributed by atoms with Crippen LogP contribution in [0.5, 0.6) is 0 Å². The van der Waals surface area contributed by atoms with Crippen molar-refractivity contribution in [3.63, 3.8) is 0 Å². The molecule has 0 fully saturated rings. The lowest BCUT2D eigenvalue weighted by Crippen LogP contribution is -2.21. The quantitative estimate of drug-likeness (QED) is 0.240. The van der Waals surface area contributed by atoms with E-state index in [-0.39, 0.29) is 0 Å². The van der Waals surface area contributed by atoms with Gasteiger partial charge in [-0.25, -0.2) is 9.36 Å². The highest BCUT2D eigenvalue weighted by Gasteiger charge is 2.29. The van der Waals surface area contributed by atoms with Crippen molar-refractivity contribution in [2.45, 2.75) is 19.3 Å². The van der Waals surface area contributed by atoms with Crippen LogP contribution in [0.3, 0.4) is 0 Å². The molecule has 0 unspecified atom stereocenters. The van der Waals surface area contributed by atoms with Crippen LogP contribution in [0, 0.1) is 0 Å². The van der Waals surface area contributed by atoms with Gasteiger partial charge in [0.15, 0.2) is 11.2 Å². The summed E-state index contributed by atoms with van der Waals surface area (Å²) in [5.74, 6) is 0. The van der Waals surface area contributed by atoms with Crippen LogP contribution in [0.2, 0.25) is 0 Å². The first-order valence-corrected chi connectivity index (χ1v) is 13.0. The smallest absolute Gasteiger partial charge is 0.161 e. The average Bonchev–Trinajstić information content (AvgIpc) is 3.76. The first-order chi connectivity index (χ1) is 19.1. The van der Waals surface area contributed by atoms with Gasteiger partial charge in [-0.2, -0.15) is 10.2 Å². The van der Waals surface area contributed by atoms with E-state index >= 15 is 0 Å². The number of furan rings is 2. The molecule has 0 aliphatic rings.